The molecule has 0 radical (unpaired) electrons. The maximum atomic E-state index is 11.0. The number of fused-ring (bicyclic) bond motifs is 1. The molecular weight excluding hydrogens is 290 g/mol. The number of hydrogen-bond acceptors (Lipinski definition) is 3. The molecule has 1 aliphatic heterocycles. The first-order valence-electron chi connectivity index (χ1n) is 7.21. The topological polar surface area (TPSA) is 57.8 Å². The summed E-state index contributed by atoms with van der Waals surface area (Å²) in [5, 5.41) is 9.71. The Kier molecular flexibility index (Phi) is 4.12. The highest BCUT2D eigenvalue weighted by Crippen LogP contribution is 2.22. The summed E-state index contributed by atoms with van der Waals surface area (Å²) in [6, 6.07) is 3.82. The van der Waals surface area contributed by atoms with Crippen molar-refractivity contribution in [2.45, 2.75) is 38.3 Å². The highest BCUT2D eigenvalue weighted by molar-refractivity contribution is 6.30. The molecule has 1 atom stereocenters. The van der Waals surface area contributed by atoms with E-state index in [4.69, 9.17) is 16.7 Å². The van der Waals surface area contributed by atoms with Crippen LogP contribution in [0.25, 0.3) is 5.65 Å². The normalized spacial score (nSPS) is 20.0. The highest BCUT2D eigenvalue weighted by atomic mass is 35.5. The van der Waals surface area contributed by atoms with Crippen molar-refractivity contribution in [2.24, 2.45) is 0 Å². The molecule has 0 aromatic carbocycles. The van der Waals surface area contributed by atoms with E-state index in [-0.39, 0.29) is 12.5 Å². The number of imidazole rings is 1. The summed E-state index contributed by atoms with van der Waals surface area (Å²) in [4.78, 5) is 17.8. The fraction of sp³-hybridized carbons (Fsp3) is 0.467. The predicted octanol–water partition coefficient (Wildman–Crippen LogP) is 2.82. The van der Waals surface area contributed by atoms with Crippen LogP contribution in [0.4, 0.5) is 0 Å². The Morgan fingerprint density at radius 2 is 2.24 bits per heavy atom. The van der Waals surface area contributed by atoms with Crippen LogP contribution in [0.1, 0.15) is 31.4 Å². The fourth-order valence-corrected chi connectivity index (χ4v) is 3.17. The largest absolute Gasteiger partial charge is 0.481 e. The molecule has 21 heavy (non-hydrogen) atoms. The molecule has 1 unspecified atom stereocenters. The summed E-state index contributed by atoms with van der Waals surface area (Å²) < 4.78 is 1.91. The van der Waals surface area contributed by atoms with Gasteiger partial charge in [0.05, 0.1) is 17.1 Å². The number of hydrogen-bond donors (Lipinski definition) is 1. The zero-order valence-corrected chi connectivity index (χ0v) is 12.5. The van der Waals surface area contributed by atoms with E-state index in [0.29, 0.717) is 11.6 Å². The van der Waals surface area contributed by atoms with E-state index in [1.807, 2.05) is 28.9 Å². The van der Waals surface area contributed by atoms with Crippen molar-refractivity contribution in [3.63, 3.8) is 0 Å². The Morgan fingerprint density at radius 3 is 3.05 bits per heavy atom. The van der Waals surface area contributed by atoms with Crippen LogP contribution in [-0.2, 0) is 11.3 Å². The quantitative estimate of drug-likeness (QED) is 0.943. The van der Waals surface area contributed by atoms with Crippen molar-refractivity contribution in [2.75, 3.05) is 6.54 Å². The number of carboxylic acids is 1. The number of carboxylic acid groups (broad SMARTS) is 1. The summed E-state index contributed by atoms with van der Waals surface area (Å²) >= 11 is 5.98. The Balaban J connectivity index is 1.77. The molecule has 1 N–H and O–H groups in total. The Morgan fingerprint density at radius 1 is 1.38 bits per heavy atom. The third-order valence-electron chi connectivity index (χ3n) is 3.99. The molecule has 3 rings (SSSR count). The molecule has 6 heteroatoms. The lowest BCUT2D eigenvalue weighted by molar-refractivity contribution is -0.138. The van der Waals surface area contributed by atoms with Crippen LogP contribution >= 0.6 is 11.6 Å². The van der Waals surface area contributed by atoms with Gasteiger partial charge in [-0.05, 0) is 31.5 Å². The lowest BCUT2D eigenvalue weighted by atomic mass is 9.99. The van der Waals surface area contributed by atoms with E-state index in [9.17, 15) is 4.79 Å². The molecule has 0 spiro atoms. The van der Waals surface area contributed by atoms with Gasteiger partial charge in [-0.25, -0.2) is 4.98 Å². The summed E-state index contributed by atoms with van der Waals surface area (Å²) in [5.74, 6) is -0.728. The Bertz CT molecular complexity index is 655. The van der Waals surface area contributed by atoms with Crippen molar-refractivity contribution in [3.8, 4) is 0 Å². The second kappa shape index (κ2) is 6.03. The van der Waals surface area contributed by atoms with Crippen molar-refractivity contribution in [1.82, 2.24) is 14.3 Å². The van der Waals surface area contributed by atoms with Gasteiger partial charge in [0.1, 0.15) is 5.65 Å². The van der Waals surface area contributed by atoms with E-state index in [2.05, 4.69) is 9.88 Å². The monoisotopic (exact) mass is 307 g/mol. The number of carbonyl (C=O) groups is 1. The molecule has 1 saturated heterocycles. The average Bonchev–Trinajstić information content (AvgIpc) is 2.82. The van der Waals surface area contributed by atoms with Gasteiger partial charge in [-0.15, -0.1) is 0 Å². The van der Waals surface area contributed by atoms with Gasteiger partial charge in [0.2, 0.25) is 0 Å². The van der Waals surface area contributed by atoms with Crippen LogP contribution < -0.4 is 0 Å². The van der Waals surface area contributed by atoms with Crippen molar-refractivity contribution in [3.05, 3.63) is 35.2 Å². The Labute approximate surface area is 128 Å². The molecule has 5 nitrogen and oxygen atoms in total. The molecule has 1 fully saturated rings. The number of aliphatic carboxylic acids is 1. The third kappa shape index (κ3) is 3.36. The molecule has 1 aliphatic rings. The van der Waals surface area contributed by atoms with Gasteiger partial charge in [0.15, 0.2) is 0 Å². The smallest absolute Gasteiger partial charge is 0.304 e. The minimum absolute atomic E-state index is 0.115. The first-order valence-corrected chi connectivity index (χ1v) is 7.58. The van der Waals surface area contributed by atoms with E-state index >= 15 is 0 Å². The van der Waals surface area contributed by atoms with Crippen LogP contribution in [0.15, 0.2) is 24.5 Å². The van der Waals surface area contributed by atoms with Crippen LogP contribution in [0.5, 0.6) is 0 Å². The lowest BCUT2D eigenvalue weighted by Gasteiger charge is -2.34. The molecule has 2 aromatic heterocycles. The molecular formula is C15H18ClN3O2. The molecule has 0 aliphatic carbocycles. The number of likely N-dealkylation sites (tertiary alicyclic amines) is 1. The van der Waals surface area contributed by atoms with Crippen molar-refractivity contribution in [1.29, 1.82) is 0 Å². The molecule has 2 aromatic rings. The summed E-state index contributed by atoms with van der Waals surface area (Å²) in [7, 11) is 0. The third-order valence-corrected chi connectivity index (χ3v) is 4.21. The van der Waals surface area contributed by atoms with Crippen molar-refractivity contribution < 1.29 is 9.90 Å². The molecule has 0 amide bonds. The van der Waals surface area contributed by atoms with Crippen LogP contribution in [-0.4, -0.2) is 37.9 Å². The zero-order chi connectivity index (χ0) is 14.8. The molecule has 0 bridgehead atoms. The van der Waals surface area contributed by atoms with Crippen molar-refractivity contribution >= 4 is 23.2 Å². The summed E-state index contributed by atoms with van der Waals surface area (Å²) in [6.07, 6.45) is 7.18. The van der Waals surface area contributed by atoms with E-state index < -0.39 is 5.97 Å². The fourth-order valence-electron chi connectivity index (χ4n) is 3.00. The SMILES string of the molecule is O=C(O)CC1CCCCN1Cc1cn2cc(Cl)ccc2n1. The van der Waals surface area contributed by atoms with E-state index in [1.165, 1.54) is 0 Å². The van der Waals surface area contributed by atoms with Gasteiger partial charge < -0.3 is 9.51 Å². The maximum Gasteiger partial charge on any atom is 0.304 e. The number of halogens is 1. The van der Waals surface area contributed by atoms with Crippen LogP contribution in [0, 0.1) is 0 Å². The number of piperidine rings is 1. The van der Waals surface area contributed by atoms with Gasteiger partial charge >= 0.3 is 5.97 Å². The predicted molar refractivity (Wildman–Crippen MR) is 80.5 cm³/mol. The zero-order valence-electron chi connectivity index (χ0n) is 11.7. The second-order valence-electron chi connectivity index (χ2n) is 5.56. The number of pyridine rings is 1. The van der Waals surface area contributed by atoms with Gasteiger partial charge in [-0.3, -0.25) is 9.69 Å². The molecule has 3 heterocycles. The van der Waals surface area contributed by atoms with Crippen LogP contribution in [0.2, 0.25) is 5.02 Å². The van der Waals surface area contributed by atoms with E-state index in [1.54, 1.807) is 0 Å². The average molecular weight is 308 g/mol. The molecule has 0 saturated carbocycles. The number of rotatable bonds is 4. The Hall–Kier alpha value is -1.59. The van der Waals surface area contributed by atoms with Gasteiger partial charge in [-0.2, -0.15) is 0 Å². The summed E-state index contributed by atoms with van der Waals surface area (Å²) in [6.45, 7) is 1.63. The highest BCUT2D eigenvalue weighted by Gasteiger charge is 2.25. The summed E-state index contributed by atoms with van der Waals surface area (Å²) in [5.41, 5.74) is 1.82. The van der Waals surface area contributed by atoms with Gasteiger partial charge in [-0.1, -0.05) is 18.0 Å². The lowest BCUT2D eigenvalue weighted by Crippen LogP contribution is -2.40. The number of aromatic nitrogens is 2. The first kappa shape index (κ1) is 14.4. The second-order valence-corrected chi connectivity index (χ2v) is 6.00. The van der Waals surface area contributed by atoms with Gasteiger partial charge in [0, 0.05) is 25.0 Å². The maximum absolute atomic E-state index is 11.0. The van der Waals surface area contributed by atoms with Gasteiger partial charge in [0.25, 0.3) is 0 Å². The molecule has 112 valence electrons. The standard InChI is InChI=1S/C15H18ClN3O2/c16-11-4-5-14-17-12(10-19(14)8-11)9-18-6-2-1-3-13(18)7-15(20)21/h4-5,8,10,13H,1-3,6-7,9H2,(H,20,21). The van der Waals surface area contributed by atoms with Crippen LogP contribution in [0.3, 0.4) is 0 Å². The minimum Gasteiger partial charge on any atom is -0.481 e. The van der Waals surface area contributed by atoms with E-state index in [0.717, 1.165) is 37.1 Å². The minimum atomic E-state index is -0.728. The first-order chi connectivity index (χ1) is 10.1. The number of nitrogens with zero attached hydrogens (tertiary/aromatic N) is 3.